The molecule has 7 heteroatoms. The topological polar surface area (TPSA) is 90.7 Å². The van der Waals surface area contributed by atoms with E-state index in [2.05, 4.69) is 26.1 Å². The Bertz CT molecular complexity index is 1040. The van der Waals surface area contributed by atoms with E-state index in [4.69, 9.17) is 15.2 Å². The van der Waals surface area contributed by atoms with Gasteiger partial charge in [0.25, 0.3) is 5.91 Å². The lowest BCUT2D eigenvalue weighted by Crippen LogP contribution is -2.29. The average molecular weight is 457 g/mol. The molecule has 3 N–H and O–H groups in total. The van der Waals surface area contributed by atoms with Crippen LogP contribution in [0.5, 0.6) is 11.5 Å². The van der Waals surface area contributed by atoms with E-state index in [9.17, 15) is 9.59 Å². The third-order valence-electron chi connectivity index (χ3n) is 6.60. The molecule has 0 spiro atoms. The standard InChI is InChI=1S/C25H32N2O4S/c1-6-25(2,3)16-9-10-17-20(14-16)32-24(22(17)23(26)29)27-21(28)12-8-15-7-11-18(30-4)19(13-15)31-5/h7-8,11-13,16H,6,9-10,14H2,1-5H3,(H2,26,29)(H,27,28)/b12-8+/t16-/m1/s1. The fourth-order valence-corrected chi connectivity index (χ4v) is 5.51. The van der Waals surface area contributed by atoms with Crippen molar-refractivity contribution in [3.05, 3.63) is 45.8 Å². The Morgan fingerprint density at radius 1 is 1.25 bits per heavy atom. The van der Waals surface area contributed by atoms with Crippen LogP contribution in [0.25, 0.3) is 6.08 Å². The van der Waals surface area contributed by atoms with Gasteiger partial charge in [0.2, 0.25) is 5.91 Å². The van der Waals surface area contributed by atoms with Crippen LogP contribution < -0.4 is 20.5 Å². The Morgan fingerprint density at radius 2 is 1.97 bits per heavy atom. The maximum absolute atomic E-state index is 12.6. The van der Waals surface area contributed by atoms with Gasteiger partial charge in [-0.05, 0) is 59.9 Å². The molecule has 0 saturated heterocycles. The number of carbonyl (C=O) groups is 2. The summed E-state index contributed by atoms with van der Waals surface area (Å²) in [5, 5.41) is 3.42. The number of fused-ring (bicyclic) bond motifs is 1. The highest BCUT2D eigenvalue weighted by Crippen LogP contribution is 2.45. The summed E-state index contributed by atoms with van der Waals surface area (Å²) in [6, 6.07) is 5.40. The predicted octanol–water partition coefficient (Wildman–Crippen LogP) is 5.06. The highest BCUT2D eigenvalue weighted by molar-refractivity contribution is 7.17. The Balaban J connectivity index is 1.80. The smallest absolute Gasteiger partial charge is 0.251 e. The van der Waals surface area contributed by atoms with E-state index < -0.39 is 5.91 Å². The number of nitrogens with two attached hydrogens (primary N) is 1. The van der Waals surface area contributed by atoms with Crippen molar-refractivity contribution in [1.82, 2.24) is 0 Å². The summed E-state index contributed by atoms with van der Waals surface area (Å²) >= 11 is 1.48. The zero-order valence-corrected chi connectivity index (χ0v) is 20.2. The van der Waals surface area contributed by atoms with Gasteiger partial charge < -0.3 is 20.5 Å². The number of rotatable bonds is 8. The molecule has 32 heavy (non-hydrogen) atoms. The maximum Gasteiger partial charge on any atom is 0.251 e. The molecule has 1 aliphatic rings. The number of anilines is 1. The lowest BCUT2D eigenvalue weighted by atomic mass is 9.69. The third kappa shape index (κ3) is 4.99. The second kappa shape index (κ2) is 9.77. The highest BCUT2D eigenvalue weighted by Gasteiger charge is 2.34. The Hall–Kier alpha value is -2.80. The fourth-order valence-electron chi connectivity index (χ4n) is 4.17. The summed E-state index contributed by atoms with van der Waals surface area (Å²) in [5.74, 6) is 0.949. The largest absolute Gasteiger partial charge is 0.493 e. The maximum atomic E-state index is 12.6. The van der Waals surface area contributed by atoms with Gasteiger partial charge in [0, 0.05) is 11.0 Å². The molecule has 0 radical (unpaired) electrons. The van der Waals surface area contributed by atoms with Gasteiger partial charge >= 0.3 is 0 Å². The molecule has 6 nitrogen and oxygen atoms in total. The van der Waals surface area contributed by atoms with Gasteiger partial charge in [-0.2, -0.15) is 0 Å². The number of carbonyl (C=O) groups excluding carboxylic acids is 2. The molecule has 0 saturated carbocycles. The van der Waals surface area contributed by atoms with Crippen LogP contribution in [0.2, 0.25) is 0 Å². The van der Waals surface area contributed by atoms with Crippen molar-refractivity contribution >= 4 is 34.2 Å². The molecule has 1 atom stereocenters. The van der Waals surface area contributed by atoms with E-state index in [1.807, 2.05) is 6.07 Å². The number of primary amides is 1. The SMILES string of the molecule is CCC(C)(C)[C@@H]1CCc2c(sc(NC(=O)/C=C/c3ccc(OC)c(OC)c3)c2C(N)=O)C1. The van der Waals surface area contributed by atoms with Crippen LogP contribution in [-0.2, 0) is 17.6 Å². The summed E-state index contributed by atoms with van der Waals surface area (Å²) < 4.78 is 10.5. The second-order valence-electron chi connectivity index (χ2n) is 8.79. The number of hydrogen-bond donors (Lipinski definition) is 2. The molecule has 1 aromatic heterocycles. The number of benzene rings is 1. The van der Waals surface area contributed by atoms with Crippen molar-refractivity contribution in [2.45, 2.75) is 46.5 Å². The molecular formula is C25H32N2O4S. The zero-order valence-electron chi connectivity index (χ0n) is 19.4. The van der Waals surface area contributed by atoms with Crippen LogP contribution in [0.3, 0.4) is 0 Å². The van der Waals surface area contributed by atoms with Crippen molar-refractivity contribution in [3.8, 4) is 11.5 Å². The molecule has 1 heterocycles. The average Bonchev–Trinajstić information content (AvgIpc) is 3.14. The first kappa shape index (κ1) is 23.9. The molecule has 172 valence electrons. The molecule has 1 aliphatic carbocycles. The van der Waals surface area contributed by atoms with Crippen molar-refractivity contribution < 1.29 is 19.1 Å². The van der Waals surface area contributed by atoms with Crippen LogP contribution in [0.4, 0.5) is 5.00 Å². The van der Waals surface area contributed by atoms with Gasteiger partial charge in [-0.15, -0.1) is 11.3 Å². The van der Waals surface area contributed by atoms with Crippen molar-refractivity contribution in [2.24, 2.45) is 17.1 Å². The number of methoxy groups -OCH3 is 2. The molecule has 3 rings (SSSR count). The van der Waals surface area contributed by atoms with Crippen molar-refractivity contribution in [3.63, 3.8) is 0 Å². The Kier molecular flexibility index (Phi) is 7.29. The lowest BCUT2D eigenvalue weighted by molar-refractivity contribution is -0.111. The molecule has 0 bridgehead atoms. The van der Waals surface area contributed by atoms with E-state index in [0.29, 0.717) is 28.0 Å². The summed E-state index contributed by atoms with van der Waals surface area (Å²) in [7, 11) is 3.14. The van der Waals surface area contributed by atoms with Crippen LogP contribution in [0, 0.1) is 11.3 Å². The highest BCUT2D eigenvalue weighted by atomic mass is 32.1. The minimum atomic E-state index is -0.491. The quantitative estimate of drug-likeness (QED) is 0.544. The summed E-state index contributed by atoms with van der Waals surface area (Å²) in [5.41, 5.74) is 8.20. The van der Waals surface area contributed by atoms with Gasteiger partial charge in [-0.25, -0.2) is 0 Å². The Morgan fingerprint density at radius 3 is 2.59 bits per heavy atom. The first-order valence-electron chi connectivity index (χ1n) is 10.9. The molecule has 2 amide bonds. The summed E-state index contributed by atoms with van der Waals surface area (Å²) in [6.07, 6.45) is 6.99. The van der Waals surface area contributed by atoms with Gasteiger partial charge in [0.05, 0.1) is 19.8 Å². The molecule has 0 fully saturated rings. The van der Waals surface area contributed by atoms with Gasteiger partial charge in [-0.1, -0.05) is 33.3 Å². The summed E-state index contributed by atoms with van der Waals surface area (Å²) in [6.45, 7) is 6.81. The van der Waals surface area contributed by atoms with Crippen LogP contribution in [-0.4, -0.2) is 26.0 Å². The molecule has 1 aromatic carbocycles. The van der Waals surface area contributed by atoms with Crippen molar-refractivity contribution in [2.75, 3.05) is 19.5 Å². The van der Waals surface area contributed by atoms with E-state index in [1.54, 1.807) is 32.4 Å². The molecule has 0 unspecified atom stereocenters. The van der Waals surface area contributed by atoms with E-state index >= 15 is 0 Å². The van der Waals surface area contributed by atoms with Crippen LogP contribution in [0.15, 0.2) is 24.3 Å². The number of nitrogens with one attached hydrogen (secondary N) is 1. The Labute approximate surface area is 193 Å². The van der Waals surface area contributed by atoms with Gasteiger partial charge in [-0.3, -0.25) is 9.59 Å². The second-order valence-corrected chi connectivity index (χ2v) is 9.90. The fraction of sp³-hybridized carbons (Fsp3) is 0.440. The van der Waals surface area contributed by atoms with E-state index in [1.165, 1.54) is 17.4 Å². The van der Waals surface area contributed by atoms with Crippen LogP contribution in [0.1, 0.15) is 60.0 Å². The summed E-state index contributed by atoms with van der Waals surface area (Å²) in [4.78, 5) is 26.0. The van der Waals surface area contributed by atoms with E-state index in [-0.39, 0.29) is 11.3 Å². The minimum Gasteiger partial charge on any atom is -0.493 e. The van der Waals surface area contributed by atoms with E-state index in [0.717, 1.165) is 41.7 Å². The number of amides is 2. The van der Waals surface area contributed by atoms with Gasteiger partial charge in [0.1, 0.15) is 5.00 Å². The molecular weight excluding hydrogens is 424 g/mol. The predicted molar refractivity (Wildman–Crippen MR) is 130 cm³/mol. The van der Waals surface area contributed by atoms with Crippen LogP contribution >= 0.6 is 11.3 Å². The third-order valence-corrected chi connectivity index (χ3v) is 7.77. The van der Waals surface area contributed by atoms with Crippen molar-refractivity contribution in [1.29, 1.82) is 0 Å². The molecule has 0 aliphatic heterocycles. The lowest BCUT2D eigenvalue weighted by Gasteiger charge is -2.36. The number of thiophene rings is 1. The molecule has 2 aromatic rings. The normalized spacial score (nSPS) is 16.0. The number of ether oxygens (including phenoxy) is 2. The first-order valence-corrected chi connectivity index (χ1v) is 11.7. The first-order chi connectivity index (χ1) is 15.2. The minimum absolute atomic E-state index is 0.236. The number of hydrogen-bond acceptors (Lipinski definition) is 5. The van der Waals surface area contributed by atoms with Gasteiger partial charge in [0.15, 0.2) is 11.5 Å². The monoisotopic (exact) mass is 456 g/mol. The zero-order chi connectivity index (χ0) is 23.5.